The number of unbranched alkanes of at least 4 members (excludes halogenated alkanes) is 4. The molecule has 0 saturated carbocycles. The standard InChI is InChI=1S/C14H25N.ClH/c1-4-5-6-7-8-11-15-12-9-10-13(2)14(15)3;/h9-10,12,14H,4-8,11H2,1-3H3;1H. The third-order valence-electron chi connectivity index (χ3n) is 3.31. The smallest absolute Gasteiger partial charge is 0.0468 e. The molecule has 0 N–H and O–H groups in total. The minimum absolute atomic E-state index is 0. The van der Waals surface area contributed by atoms with Crippen molar-refractivity contribution >= 4 is 12.4 Å². The Kier molecular flexibility index (Phi) is 8.46. The highest BCUT2D eigenvalue weighted by atomic mass is 35.5. The molecule has 1 aliphatic heterocycles. The molecule has 0 spiro atoms. The number of hydrogen-bond acceptors (Lipinski definition) is 1. The van der Waals surface area contributed by atoms with Gasteiger partial charge in [0, 0.05) is 12.6 Å². The van der Waals surface area contributed by atoms with Crippen LogP contribution in [-0.2, 0) is 0 Å². The molecule has 1 rings (SSSR count). The van der Waals surface area contributed by atoms with Crippen LogP contribution in [0.25, 0.3) is 0 Å². The molecule has 0 amide bonds. The van der Waals surface area contributed by atoms with Crippen molar-refractivity contribution in [2.75, 3.05) is 6.54 Å². The summed E-state index contributed by atoms with van der Waals surface area (Å²) in [5.41, 5.74) is 1.48. The summed E-state index contributed by atoms with van der Waals surface area (Å²) in [5, 5.41) is 0. The molecule has 0 aromatic carbocycles. The summed E-state index contributed by atoms with van der Waals surface area (Å²) >= 11 is 0. The second-order valence-electron chi connectivity index (χ2n) is 4.58. The molecule has 0 fully saturated rings. The number of nitrogens with zero attached hydrogens (tertiary/aromatic N) is 1. The van der Waals surface area contributed by atoms with Crippen molar-refractivity contribution in [3.63, 3.8) is 0 Å². The van der Waals surface area contributed by atoms with Gasteiger partial charge in [-0.15, -0.1) is 12.4 Å². The summed E-state index contributed by atoms with van der Waals surface area (Å²) < 4.78 is 0. The predicted molar refractivity (Wildman–Crippen MR) is 75.1 cm³/mol. The highest BCUT2D eigenvalue weighted by molar-refractivity contribution is 5.85. The summed E-state index contributed by atoms with van der Waals surface area (Å²) in [5.74, 6) is 0. The fourth-order valence-corrected chi connectivity index (χ4v) is 2.00. The van der Waals surface area contributed by atoms with Gasteiger partial charge in [0.15, 0.2) is 0 Å². The van der Waals surface area contributed by atoms with E-state index in [9.17, 15) is 0 Å². The zero-order chi connectivity index (χ0) is 11.1. The van der Waals surface area contributed by atoms with E-state index >= 15 is 0 Å². The van der Waals surface area contributed by atoms with E-state index in [4.69, 9.17) is 0 Å². The molecule has 94 valence electrons. The Bertz CT molecular complexity index is 233. The molecule has 1 unspecified atom stereocenters. The van der Waals surface area contributed by atoms with E-state index in [2.05, 4.69) is 44.0 Å². The molecule has 1 atom stereocenters. The average Bonchev–Trinajstić information content (AvgIpc) is 2.24. The average molecular weight is 244 g/mol. The van der Waals surface area contributed by atoms with Gasteiger partial charge in [-0.05, 0) is 32.5 Å². The van der Waals surface area contributed by atoms with Crippen LogP contribution >= 0.6 is 12.4 Å². The van der Waals surface area contributed by atoms with Gasteiger partial charge in [-0.2, -0.15) is 0 Å². The first-order valence-corrected chi connectivity index (χ1v) is 6.36. The SMILES string of the molecule is CCCCCCCN1C=CC=C(C)C1C.Cl. The summed E-state index contributed by atoms with van der Waals surface area (Å²) in [4.78, 5) is 2.46. The zero-order valence-electron chi connectivity index (χ0n) is 10.9. The molecule has 16 heavy (non-hydrogen) atoms. The lowest BCUT2D eigenvalue weighted by molar-refractivity contribution is 0.311. The lowest BCUT2D eigenvalue weighted by atomic mass is 10.1. The van der Waals surface area contributed by atoms with Gasteiger partial charge in [-0.3, -0.25) is 0 Å². The van der Waals surface area contributed by atoms with Gasteiger partial charge in [0.1, 0.15) is 0 Å². The maximum atomic E-state index is 2.46. The lowest BCUT2D eigenvalue weighted by Gasteiger charge is -2.30. The maximum Gasteiger partial charge on any atom is 0.0468 e. The van der Waals surface area contributed by atoms with E-state index in [1.807, 2.05) is 0 Å². The van der Waals surface area contributed by atoms with Gasteiger partial charge >= 0.3 is 0 Å². The summed E-state index contributed by atoms with van der Waals surface area (Å²) in [7, 11) is 0. The third kappa shape index (κ3) is 5.07. The van der Waals surface area contributed by atoms with Crippen molar-refractivity contribution in [3.8, 4) is 0 Å². The minimum atomic E-state index is 0. The normalized spacial score (nSPS) is 19.3. The quantitative estimate of drug-likeness (QED) is 0.619. The Morgan fingerprint density at radius 2 is 1.88 bits per heavy atom. The number of hydrogen-bond donors (Lipinski definition) is 0. The van der Waals surface area contributed by atoms with E-state index in [0.717, 1.165) is 0 Å². The number of rotatable bonds is 6. The highest BCUT2D eigenvalue weighted by Gasteiger charge is 2.12. The molecule has 0 radical (unpaired) electrons. The molecule has 0 aromatic heterocycles. The summed E-state index contributed by atoms with van der Waals surface area (Å²) in [6.45, 7) is 8.00. The first-order valence-electron chi connectivity index (χ1n) is 6.36. The van der Waals surface area contributed by atoms with Crippen molar-refractivity contribution < 1.29 is 0 Å². The van der Waals surface area contributed by atoms with Gasteiger partial charge < -0.3 is 4.90 Å². The molecule has 0 aliphatic carbocycles. The molecular formula is C14H26ClN. The van der Waals surface area contributed by atoms with E-state index in [-0.39, 0.29) is 12.4 Å². The first kappa shape index (κ1) is 15.6. The van der Waals surface area contributed by atoms with Crippen molar-refractivity contribution in [3.05, 3.63) is 23.9 Å². The Morgan fingerprint density at radius 3 is 2.56 bits per heavy atom. The van der Waals surface area contributed by atoms with Gasteiger partial charge in [-0.1, -0.05) is 44.3 Å². The van der Waals surface area contributed by atoms with Crippen LogP contribution in [0.1, 0.15) is 52.9 Å². The van der Waals surface area contributed by atoms with E-state index in [1.165, 1.54) is 44.2 Å². The first-order chi connectivity index (χ1) is 7.25. The van der Waals surface area contributed by atoms with Crippen molar-refractivity contribution in [1.82, 2.24) is 4.90 Å². The molecular weight excluding hydrogens is 218 g/mol. The van der Waals surface area contributed by atoms with E-state index in [1.54, 1.807) is 0 Å². The van der Waals surface area contributed by atoms with E-state index in [0.29, 0.717) is 6.04 Å². The van der Waals surface area contributed by atoms with E-state index < -0.39 is 0 Å². The largest absolute Gasteiger partial charge is 0.371 e. The molecule has 1 aliphatic rings. The predicted octanol–water partition coefficient (Wildman–Crippen LogP) is 4.54. The fraction of sp³-hybridized carbons (Fsp3) is 0.714. The van der Waals surface area contributed by atoms with Crippen molar-refractivity contribution in [1.29, 1.82) is 0 Å². The Morgan fingerprint density at radius 1 is 1.19 bits per heavy atom. The topological polar surface area (TPSA) is 3.24 Å². The molecule has 1 heterocycles. The van der Waals surface area contributed by atoms with Gasteiger partial charge in [-0.25, -0.2) is 0 Å². The third-order valence-corrected chi connectivity index (χ3v) is 3.31. The van der Waals surface area contributed by atoms with Gasteiger partial charge in [0.05, 0.1) is 0 Å². The second-order valence-corrected chi connectivity index (χ2v) is 4.58. The van der Waals surface area contributed by atoms with Gasteiger partial charge in [0.2, 0.25) is 0 Å². The second kappa shape index (κ2) is 8.69. The highest BCUT2D eigenvalue weighted by Crippen LogP contribution is 2.16. The maximum absolute atomic E-state index is 2.46. The van der Waals surface area contributed by atoms with Crippen LogP contribution < -0.4 is 0 Å². The van der Waals surface area contributed by atoms with Crippen LogP contribution in [0.15, 0.2) is 23.9 Å². The van der Waals surface area contributed by atoms with Crippen LogP contribution in [0.5, 0.6) is 0 Å². The van der Waals surface area contributed by atoms with Crippen LogP contribution in [-0.4, -0.2) is 17.5 Å². The molecule has 0 saturated heterocycles. The molecule has 1 nitrogen and oxygen atoms in total. The fourth-order valence-electron chi connectivity index (χ4n) is 2.00. The van der Waals surface area contributed by atoms with Crippen molar-refractivity contribution in [2.45, 2.75) is 58.9 Å². The van der Waals surface area contributed by atoms with Crippen LogP contribution in [0, 0.1) is 0 Å². The molecule has 2 heteroatoms. The Labute approximate surface area is 107 Å². The number of allylic oxidation sites excluding steroid dienone is 2. The lowest BCUT2D eigenvalue weighted by Crippen LogP contribution is -2.31. The molecule has 0 bridgehead atoms. The summed E-state index contributed by atoms with van der Waals surface area (Å²) in [6, 6.07) is 0.598. The Hall–Kier alpha value is -0.430. The van der Waals surface area contributed by atoms with Crippen molar-refractivity contribution in [2.24, 2.45) is 0 Å². The minimum Gasteiger partial charge on any atom is -0.371 e. The molecule has 0 aromatic rings. The monoisotopic (exact) mass is 243 g/mol. The van der Waals surface area contributed by atoms with Crippen LogP contribution in [0.4, 0.5) is 0 Å². The number of halogens is 1. The summed E-state index contributed by atoms with van der Waals surface area (Å²) in [6.07, 6.45) is 13.5. The Balaban J connectivity index is 0.00000225. The zero-order valence-corrected chi connectivity index (χ0v) is 11.7. The van der Waals surface area contributed by atoms with Gasteiger partial charge in [0.25, 0.3) is 0 Å². The van der Waals surface area contributed by atoms with Crippen LogP contribution in [0.2, 0.25) is 0 Å². The van der Waals surface area contributed by atoms with Crippen LogP contribution in [0.3, 0.4) is 0 Å².